The van der Waals surface area contributed by atoms with Gasteiger partial charge in [-0.3, -0.25) is 0 Å². The van der Waals surface area contributed by atoms with Crippen molar-refractivity contribution in [3.63, 3.8) is 0 Å². The largest absolute Gasteiger partial charge is 0.397 e. The first kappa shape index (κ1) is 7.01. The van der Waals surface area contributed by atoms with E-state index in [1.54, 1.807) is 0 Å². The molecule has 2 N–H and O–H groups in total. The zero-order valence-electron chi connectivity index (χ0n) is 7.46. The Labute approximate surface area is 77.0 Å². The molecule has 1 aliphatic heterocycles. The van der Waals surface area contributed by atoms with Gasteiger partial charge in [0.25, 0.3) is 0 Å². The summed E-state index contributed by atoms with van der Waals surface area (Å²) in [7, 11) is 0. The smallest absolute Gasteiger partial charge is 0.0607 e. The van der Waals surface area contributed by atoms with Crippen LogP contribution in [0.5, 0.6) is 0 Å². The molecule has 1 aliphatic rings. The minimum Gasteiger partial charge on any atom is -0.397 e. The van der Waals surface area contributed by atoms with Gasteiger partial charge in [-0.15, -0.1) is 0 Å². The predicted octanol–water partition coefficient (Wildman–Crippen LogP) is 2.17. The van der Waals surface area contributed by atoms with E-state index in [0.29, 0.717) is 0 Å². The van der Waals surface area contributed by atoms with Gasteiger partial charge in [-0.2, -0.15) is 0 Å². The summed E-state index contributed by atoms with van der Waals surface area (Å²) in [5, 5.41) is 1.22. The minimum atomic E-state index is 0.994. The molecule has 0 bridgehead atoms. The summed E-state index contributed by atoms with van der Waals surface area (Å²) in [6.45, 7) is 1.13. The Hall–Kier alpha value is -1.44. The van der Waals surface area contributed by atoms with Crippen molar-refractivity contribution in [2.75, 3.05) is 5.73 Å². The van der Waals surface area contributed by atoms with Crippen LogP contribution in [0, 0.1) is 0 Å². The van der Waals surface area contributed by atoms with Crippen LogP contribution in [0.2, 0.25) is 0 Å². The quantitative estimate of drug-likeness (QED) is 0.648. The van der Waals surface area contributed by atoms with Gasteiger partial charge in [-0.1, -0.05) is 18.2 Å². The Kier molecular flexibility index (Phi) is 1.23. The molecule has 13 heavy (non-hydrogen) atoms. The molecule has 2 aromatic rings. The van der Waals surface area contributed by atoms with E-state index < -0.39 is 0 Å². The van der Waals surface area contributed by atoms with Gasteiger partial charge < -0.3 is 10.3 Å². The highest BCUT2D eigenvalue weighted by atomic mass is 15.0. The molecule has 2 heteroatoms. The van der Waals surface area contributed by atoms with Crippen LogP contribution in [0.4, 0.5) is 5.69 Å². The number of nitrogen functional groups attached to an aromatic ring is 1. The minimum absolute atomic E-state index is 0.994. The monoisotopic (exact) mass is 172 g/mol. The van der Waals surface area contributed by atoms with Crippen LogP contribution in [-0.2, 0) is 13.0 Å². The number of rotatable bonds is 0. The van der Waals surface area contributed by atoms with Crippen molar-refractivity contribution in [1.82, 2.24) is 4.57 Å². The van der Waals surface area contributed by atoms with Crippen LogP contribution in [0.1, 0.15) is 12.1 Å². The first-order valence-corrected chi connectivity index (χ1v) is 4.73. The number of benzene rings is 1. The number of aryl methyl sites for hydroxylation is 1. The molecule has 2 heterocycles. The molecule has 1 aromatic carbocycles. The highest BCUT2D eigenvalue weighted by molar-refractivity contribution is 5.94. The van der Waals surface area contributed by atoms with Crippen LogP contribution < -0.4 is 5.73 Å². The summed E-state index contributed by atoms with van der Waals surface area (Å²) in [5.41, 5.74) is 9.70. The molecule has 0 saturated heterocycles. The second-order valence-electron chi connectivity index (χ2n) is 3.63. The van der Waals surface area contributed by atoms with E-state index in [0.717, 1.165) is 18.7 Å². The fourth-order valence-corrected chi connectivity index (χ4v) is 2.31. The first-order valence-electron chi connectivity index (χ1n) is 4.73. The van der Waals surface area contributed by atoms with E-state index in [9.17, 15) is 0 Å². The normalized spacial score (nSPS) is 15.1. The summed E-state index contributed by atoms with van der Waals surface area (Å²) >= 11 is 0. The van der Waals surface area contributed by atoms with E-state index in [2.05, 4.69) is 28.8 Å². The summed E-state index contributed by atoms with van der Waals surface area (Å²) in [6, 6.07) is 8.39. The number of nitrogens with two attached hydrogens (primary N) is 1. The standard InChI is InChI=1S/C11H12N2/c12-11-8-4-1-2-5-9(8)13-7-3-6-10(11)13/h1-2,4-5H,3,6-7,12H2. The fraction of sp³-hybridized carbons (Fsp3) is 0.273. The Morgan fingerprint density at radius 1 is 1.23 bits per heavy atom. The molecule has 0 aliphatic carbocycles. The van der Waals surface area contributed by atoms with Crippen LogP contribution in [0.15, 0.2) is 24.3 Å². The Morgan fingerprint density at radius 3 is 3.00 bits per heavy atom. The van der Waals surface area contributed by atoms with Gasteiger partial charge in [0.2, 0.25) is 0 Å². The highest BCUT2D eigenvalue weighted by Crippen LogP contribution is 2.32. The third-order valence-corrected chi connectivity index (χ3v) is 2.92. The van der Waals surface area contributed by atoms with Crippen molar-refractivity contribution in [3.05, 3.63) is 30.0 Å². The van der Waals surface area contributed by atoms with Crippen molar-refractivity contribution < 1.29 is 0 Å². The number of para-hydroxylation sites is 1. The van der Waals surface area contributed by atoms with Crippen molar-refractivity contribution in [2.24, 2.45) is 0 Å². The van der Waals surface area contributed by atoms with Gasteiger partial charge in [0.05, 0.1) is 11.2 Å². The molecule has 66 valence electrons. The zero-order chi connectivity index (χ0) is 8.84. The fourth-order valence-electron chi connectivity index (χ4n) is 2.31. The van der Waals surface area contributed by atoms with E-state index in [1.807, 2.05) is 0 Å². The number of hydrogen-bond acceptors (Lipinski definition) is 1. The Balaban J connectivity index is 2.49. The van der Waals surface area contributed by atoms with Gasteiger partial charge in [-0.25, -0.2) is 0 Å². The number of aromatic nitrogens is 1. The summed E-state index contributed by atoms with van der Waals surface area (Å²) in [6.07, 6.45) is 2.38. The molecular weight excluding hydrogens is 160 g/mol. The third kappa shape index (κ3) is 0.777. The molecule has 0 amide bonds. The lowest BCUT2D eigenvalue weighted by Crippen LogP contribution is -1.92. The van der Waals surface area contributed by atoms with Crippen molar-refractivity contribution in [3.8, 4) is 0 Å². The average molecular weight is 172 g/mol. The SMILES string of the molecule is Nc1c2n(c3ccccc13)CCC2. The maximum absolute atomic E-state index is 6.07. The van der Waals surface area contributed by atoms with Crippen LogP contribution >= 0.6 is 0 Å². The van der Waals surface area contributed by atoms with E-state index in [4.69, 9.17) is 5.73 Å². The van der Waals surface area contributed by atoms with Gasteiger partial charge >= 0.3 is 0 Å². The van der Waals surface area contributed by atoms with Gasteiger partial charge in [0.1, 0.15) is 0 Å². The Bertz CT molecular complexity index is 468. The Morgan fingerprint density at radius 2 is 2.08 bits per heavy atom. The van der Waals surface area contributed by atoms with E-state index >= 15 is 0 Å². The molecular formula is C11H12N2. The van der Waals surface area contributed by atoms with Crippen LogP contribution in [0.25, 0.3) is 10.9 Å². The van der Waals surface area contributed by atoms with E-state index in [-0.39, 0.29) is 0 Å². The van der Waals surface area contributed by atoms with Crippen LogP contribution in [0.3, 0.4) is 0 Å². The second kappa shape index (κ2) is 2.28. The van der Waals surface area contributed by atoms with Crippen molar-refractivity contribution in [1.29, 1.82) is 0 Å². The average Bonchev–Trinajstić information content (AvgIpc) is 2.72. The number of fused-ring (bicyclic) bond motifs is 3. The van der Waals surface area contributed by atoms with Crippen molar-refractivity contribution >= 4 is 16.6 Å². The van der Waals surface area contributed by atoms with Gasteiger partial charge in [-0.05, 0) is 18.9 Å². The zero-order valence-corrected chi connectivity index (χ0v) is 7.46. The highest BCUT2D eigenvalue weighted by Gasteiger charge is 2.18. The second-order valence-corrected chi connectivity index (χ2v) is 3.63. The summed E-state index contributed by atoms with van der Waals surface area (Å²) < 4.78 is 2.35. The summed E-state index contributed by atoms with van der Waals surface area (Å²) in [4.78, 5) is 0. The summed E-state index contributed by atoms with van der Waals surface area (Å²) in [5.74, 6) is 0. The molecule has 0 unspecified atom stereocenters. The maximum atomic E-state index is 6.07. The predicted molar refractivity (Wildman–Crippen MR) is 54.7 cm³/mol. The van der Waals surface area contributed by atoms with Crippen molar-refractivity contribution in [2.45, 2.75) is 19.4 Å². The number of anilines is 1. The lowest BCUT2D eigenvalue weighted by atomic mass is 10.2. The first-order chi connectivity index (χ1) is 6.38. The van der Waals surface area contributed by atoms with Crippen LogP contribution in [-0.4, -0.2) is 4.57 Å². The third-order valence-electron chi connectivity index (χ3n) is 2.92. The maximum Gasteiger partial charge on any atom is 0.0607 e. The molecule has 0 radical (unpaired) electrons. The number of hydrogen-bond donors (Lipinski definition) is 1. The molecule has 0 saturated carbocycles. The topological polar surface area (TPSA) is 30.9 Å². The van der Waals surface area contributed by atoms with Gasteiger partial charge in [0, 0.05) is 17.6 Å². The molecule has 3 rings (SSSR count). The molecule has 0 fully saturated rings. The van der Waals surface area contributed by atoms with E-state index in [1.165, 1.54) is 23.0 Å². The molecule has 1 aromatic heterocycles. The number of nitrogens with zero attached hydrogens (tertiary/aromatic N) is 1. The molecule has 0 atom stereocenters. The molecule has 2 nitrogen and oxygen atoms in total. The van der Waals surface area contributed by atoms with Gasteiger partial charge in [0.15, 0.2) is 0 Å². The lowest BCUT2D eigenvalue weighted by Gasteiger charge is -1.97. The molecule has 0 spiro atoms. The lowest BCUT2D eigenvalue weighted by molar-refractivity contribution is 0.772.